The van der Waals surface area contributed by atoms with Gasteiger partial charge in [-0.15, -0.1) is 24.0 Å². The fourth-order valence-corrected chi connectivity index (χ4v) is 2.43. The monoisotopic (exact) mass is 469 g/mol. The predicted octanol–water partition coefficient (Wildman–Crippen LogP) is 3.41. The van der Waals surface area contributed by atoms with Gasteiger partial charge in [0, 0.05) is 13.1 Å². The zero-order chi connectivity index (χ0) is 18.1. The number of aliphatic hydroxyl groups excluding tert-OH is 1. The lowest BCUT2D eigenvalue weighted by Crippen LogP contribution is -2.39. The van der Waals surface area contributed by atoms with Crippen molar-refractivity contribution in [2.24, 2.45) is 4.99 Å². The Morgan fingerprint density at radius 1 is 1.12 bits per heavy atom. The van der Waals surface area contributed by atoms with Crippen LogP contribution in [0.1, 0.15) is 29.7 Å². The molecule has 2 aromatic rings. The lowest BCUT2D eigenvalue weighted by molar-refractivity contribution is 0.180. The Balaban J connectivity index is 0.00000338. The Bertz CT molecular complexity index is 690. The summed E-state index contributed by atoms with van der Waals surface area (Å²) in [5, 5.41) is 16.7. The number of ether oxygens (including phenoxy) is 1. The van der Waals surface area contributed by atoms with Crippen LogP contribution in [0.15, 0.2) is 53.5 Å². The van der Waals surface area contributed by atoms with Crippen molar-refractivity contribution in [3.05, 3.63) is 65.2 Å². The largest absolute Gasteiger partial charge is 0.497 e. The van der Waals surface area contributed by atoms with Gasteiger partial charge in [0.1, 0.15) is 5.75 Å². The Hall–Kier alpha value is -1.80. The Labute approximate surface area is 172 Å². The van der Waals surface area contributed by atoms with Crippen LogP contribution >= 0.6 is 24.0 Å². The molecule has 0 spiro atoms. The Kier molecular flexibility index (Phi) is 10.0. The van der Waals surface area contributed by atoms with Gasteiger partial charge in [-0.05, 0) is 42.7 Å². The molecule has 26 heavy (non-hydrogen) atoms. The van der Waals surface area contributed by atoms with E-state index in [-0.39, 0.29) is 24.0 Å². The third-order valence-electron chi connectivity index (χ3n) is 3.98. The summed E-state index contributed by atoms with van der Waals surface area (Å²) < 4.78 is 5.14. The highest BCUT2D eigenvalue weighted by Gasteiger charge is 2.09. The van der Waals surface area contributed by atoms with Crippen molar-refractivity contribution in [3.63, 3.8) is 0 Å². The lowest BCUT2D eigenvalue weighted by Gasteiger charge is -2.16. The van der Waals surface area contributed by atoms with Crippen LogP contribution in [-0.4, -0.2) is 31.3 Å². The second-order valence-electron chi connectivity index (χ2n) is 5.79. The van der Waals surface area contributed by atoms with Crippen LogP contribution in [0.3, 0.4) is 0 Å². The number of hydrogen-bond donors (Lipinski definition) is 3. The highest BCUT2D eigenvalue weighted by atomic mass is 127. The minimum absolute atomic E-state index is 0. The van der Waals surface area contributed by atoms with Crippen LogP contribution in [0, 0.1) is 6.92 Å². The number of hydrogen-bond acceptors (Lipinski definition) is 3. The van der Waals surface area contributed by atoms with Crippen molar-refractivity contribution in [1.82, 2.24) is 10.6 Å². The maximum atomic E-state index is 10.3. The number of halogens is 1. The number of rotatable bonds is 7. The summed E-state index contributed by atoms with van der Waals surface area (Å²) in [6, 6.07) is 15.6. The molecule has 5 nitrogen and oxygen atoms in total. The summed E-state index contributed by atoms with van der Waals surface area (Å²) in [6.45, 7) is 5.84. The molecule has 0 radical (unpaired) electrons. The van der Waals surface area contributed by atoms with E-state index in [0.717, 1.165) is 17.9 Å². The van der Waals surface area contributed by atoms with E-state index in [4.69, 9.17) is 4.74 Å². The molecule has 0 saturated carbocycles. The van der Waals surface area contributed by atoms with E-state index in [0.29, 0.717) is 19.0 Å². The van der Waals surface area contributed by atoms with E-state index in [1.54, 1.807) is 7.11 Å². The van der Waals surface area contributed by atoms with Gasteiger partial charge in [0.15, 0.2) is 5.96 Å². The summed E-state index contributed by atoms with van der Waals surface area (Å²) in [4.78, 5) is 4.60. The Morgan fingerprint density at radius 2 is 1.81 bits per heavy atom. The summed E-state index contributed by atoms with van der Waals surface area (Å²) in [5.41, 5.74) is 3.25. The fourth-order valence-electron chi connectivity index (χ4n) is 2.43. The first-order valence-corrected chi connectivity index (χ1v) is 8.52. The number of nitrogens with zero attached hydrogens (tertiary/aromatic N) is 1. The van der Waals surface area contributed by atoms with Gasteiger partial charge in [0.2, 0.25) is 0 Å². The molecule has 6 heteroatoms. The molecule has 1 unspecified atom stereocenters. The molecule has 0 aliphatic heterocycles. The van der Waals surface area contributed by atoms with Crippen molar-refractivity contribution < 1.29 is 9.84 Å². The SMILES string of the molecule is CCNC(=NCc1ccccc1C)NCC(O)c1ccc(OC)cc1.I. The topological polar surface area (TPSA) is 65.9 Å². The molecule has 0 aliphatic rings. The number of nitrogens with one attached hydrogen (secondary N) is 2. The van der Waals surface area contributed by atoms with Crippen molar-refractivity contribution in [1.29, 1.82) is 0 Å². The Morgan fingerprint density at radius 3 is 2.42 bits per heavy atom. The second kappa shape index (κ2) is 11.7. The van der Waals surface area contributed by atoms with Crippen LogP contribution < -0.4 is 15.4 Å². The molecule has 0 saturated heterocycles. The van der Waals surface area contributed by atoms with Crippen molar-refractivity contribution in [2.75, 3.05) is 20.2 Å². The molecule has 0 bridgehead atoms. The quantitative estimate of drug-likeness (QED) is 0.331. The van der Waals surface area contributed by atoms with Crippen LogP contribution in [-0.2, 0) is 6.54 Å². The third-order valence-corrected chi connectivity index (χ3v) is 3.98. The van der Waals surface area contributed by atoms with Gasteiger partial charge in [-0.3, -0.25) is 0 Å². The summed E-state index contributed by atoms with van der Waals surface area (Å²) in [6.07, 6.45) is -0.617. The van der Waals surface area contributed by atoms with E-state index >= 15 is 0 Å². The molecule has 0 aromatic heterocycles. The van der Waals surface area contributed by atoms with Crippen LogP contribution in [0.5, 0.6) is 5.75 Å². The standard InChI is InChI=1S/C20H27N3O2.HI/c1-4-21-20(22-13-17-8-6-5-7-15(17)2)23-14-19(24)16-9-11-18(25-3)12-10-16;/h5-12,19,24H,4,13-14H2,1-3H3,(H2,21,22,23);1H. The van der Waals surface area contributed by atoms with Crippen molar-refractivity contribution >= 4 is 29.9 Å². The highest BCUT2D eigenvalue weighted by molar-refractivity contribution is 14.0. The number of aliphatic imine (C=N–C) groups is 1. The molecule has 1 atom stereocenters. The molecule has 2 aromatic carbocycles. The molecular weight excluding hydrogens is 441 g/mol. The first-order valence-electron chi connectivity index (χ1n) is 8.52. The zero-order valence-corrected chi connectivity index (χ0v) is 17.9. The van der Waals surface area contributed by atoms with Gasteiger partial charge in [0.25, 0.3) is 0 Å². The highest BCUT2D eigenvalue weighted by Crippen LogP contribution is 2.17. The number of aliphatic hydroxyl groups is 1. The smallest absolute Gasteiger partial charge is 0.191 e. The summed E-state index contributed by atoms with van der Waals surface area (Å²) in [7, 11) is 1.63. The van der Waals surface area contributed by atoms with Gasteiger partial charge < -0.3 is 20.5 Å². The first kappa shape index (κ1) is 22.2. The molecule has 0 fully saturated rings. The first-order chi connectivity index (χ1) is 12.1. The molecule has 0 heterocycles. The van der Waals surface area contributed by atoms with Gasteiger partial charge in [-0.1, -0.05) is 36.4 Å². The fraction of sp³-hybridized carbons (Fsp3) is 0.350. The number of aryl methyl sites for hydroxylation is 1. The van der Waals surface area contributed by atoms with E-state index in [1.165, 1.54) is 11.1 Å². The number of benzene rings is 2. The maximum Gasteiger partial charge on any atom is 0.191 e. The van der Waals surface area contributed by atoms with E-state index in [1.807, 2.05) is 43.3 Å². The van der Waals surface area contributed by atoms with E-state index < -0.39 is 6.10 Å². The van der Waals surface area contributed by atoms with E-state index in [9.17, 15) is 5.11 Å². The zero-order valence-electron chi connectivity index (χ0n) is 15.5. The summed E-state index contributed by atoms with van der Waals surface area (Å²) in [5.74, 6) is 1.47. The van der Waals surface area contributed by atoms with Gasteiger partial charge in [-0.25, -0.2) is 4.99 Å². The lowest BCUT2D eigenvalue weighted by atomic mass is 10.1. The molecular formula is C20H28IN3O2. The number of guanidine groups is 1. The minimum Gasteiger partial charge on any atom is -0.497 e. The third kappa shape index (κ3) is 6.84. The van der Waals surface area contributed by atoms with Gasteiger partial charge >= 0.3 is 0 Å². The van der Waals surface area contributed by atoms with Crippen LogP contribution in [0.2, 0.25) is 0 Å². The van der Waals surface area contributed by atoms with Gasteiger partial charge in [0.05, 0.1) is 19.8 Å². The maximum absolute atomic E-state index is 10.3. The van der Waals surface area contributed by atoms with E-state index in [2.05, 4.69) is 34.7 Å². The normalized spacial score (nSPS) is 12.1. The second-order valence-corrected chi connectivity index (χ2v) is 5.79. The molecule has 2 rings (SSSR count). The van der Waals surface area contributed by atoms with Crippen LogP contribution in [0.25, 0.3) is 0 Å². The average Bonchev–Trinajstić information content (AvgIpc) is 2.65. The van der Waals surface area contributed by atoms with Crippen molar-refractivity contribution in [3.8, 4) is 5.75 Å². The van der Waals surface area contributed by atoms with Gasteiger partial charge in [-0.2, -0.15) is 0 Å². The molecule has 0 aliphatic carbocycles. The molecule has 0 amide bonds. The predicted molar refractivity (Wildman–Crippen MR) is 117 cm³/mol. The van der Waals surface area contributed by atoms with Crippen molar-refractivity contribution in [2.45, 2.75) is 26.5 Å². The summed E-state index contributed by atoms with van der Waals surface area (Å²) >= 11 is 0. The minimum atomic E-state index is -0.617. The number of methoxy groups -OCH3 is 1. The molecule has 3 N–H and O–H groups in total. The average molecular weight is 469 g/mol. The molecule has 142 valence electrons. The van der Waals surface area contributed by atoms with Crippen LogP contribution in [0.4, 0.5) is 0 Å².